The van der Waals surface area contributed by atoms with E-state index in [4.69, 9.17) is 4.74 Å². The van der Waals surface area contributed by atoms with Gasteiger partial charge in [0.15, 0.2) is 11.8 Å². The van der Waals surface area contributed by atoms with Gasteiger partial charge < -0.3 is 20.5 Å². The van der Waals surface area contributed by atoms with Gasteiger partial charge in [0.25, 0.3) is 11.8 Å². The summed E-state index contributed by atoms with van der Waals surface area (Å²) < 4.78 is 7.22. The molecule has 0 saturated heterocycles. The first kappa shape index (κ1) is 19.8. The number of hydrogen-bond donors (Lipinski definition) is 3. The fourth-order valence-electron chi connectivity index (χ4n) is 3.01. The minimum Gasteiger partial charge on any atom is -0.480 e. The van der Waals surface area contributed by atoms with Crippen molar-refractivity contribution in [2.75, 3.05) is 13.2 Å². The monoisotopic (exact) mass is 387 g/mol. The molecule has 2 atom stereocenters. The van der Waals surface area contributed by atoms with E-state index >= 15 is 0 Å². The summed E-state index contributed by atoms with van der Waals surface area (Å²) in [7, 11) is 1.69. The van der Waals surface area contributed by atoms with Gasteiger partial charge in [0.05, 0.1) is 17.8 Å². The number of aliphatic hydroxyl groups excluding tert-OH is 1. The summed E-state index contributed by atoms with van der Waals surface area (Å²) in [4.78, 5) is 25.0. The van der Waals surface area contributed by atoms with Crippen molar-refractivity contribution in [2.24, 2.45) is 7.05 Å². The topological polar surface area (TPSA) is 118 Å². The predicted octanol–water partition coefficient (Wildman–Crippen LogP) is 0.0326. The Kier molecular flexibility index (Phi) is 5.37. The van der Waals surface area contributed by atoms with Crippen LogP contribution in [0.1, 0.15) is 34.2 Å². The number of hydrogen-bond acceptors (Lipinski definition) is 6. The SMILES string of the molecule is Cc1ccc2c(c1)CC(C(=O)NC(C)(CO)CNC(=O)c1nnn(C)c1C)O2. The molecule has 9 nitrogen and oxygen atoms in total. The number of carbonyl (C=O) groups excluding carboxylic acids is 2. The summed E-state index contributed by atoms with van der Waals surface area (Å²) in [5, 5.41) is 22.9. The van der Waals surface area contributed by atoms with Crippen LogP contribution in [0.2, 0.25) is 0 Å². The van der Waals surface area contributed by atoms with E-state index in [0.717, 1.165) is 11.1 Å². The Morgan fingerprint density at radius 3 is 2.79 bits per heavy atom. The minimum absolute atomic E-state index is 0.0306. The first-order chi connectivity index (χ1) is 13.2. The molecule has 0 spiro atoms. The van der Waals surface area contributed by atoms with Gasteiger partial charge in [-0.05, 0) is 32.4 Å². The first-order valence-corrected chi connectivity index (χ1v) is 9.06. The molecule has 1 aromatic heterocycles. The molecule has 2 amide bonds. The quantitative estimate of drug-likeness (QED) is 0.644. The number of fused-ring (bicyclic) bond motifs is 1. The molecule has 1 aliphatic rings. The first-order valence-electron chi connectivity index (χ1n) is 9.06. The number of aryl methyl sites for hydroxylation is 2. The smallest absolute Gasteiger partial charge is 0.273 e. The number of nitrogens with zero attached hydrogens (tertiary/aromatic N) is 3. The fourth-order valence-corrected chi connectivity index (χ4v) is 3.01. The van der Waals surface area contributed by atoms with Crippen LogP contribution in [0.5, 0.6) is 5.75 Å². The highest BCUT2D eigenvalue weighted by Crippen LogP contribution is 2.29. The average Bonchev–Trinajstić information content (AvgIpc) is 3.23. The highest BCUT2D eigenvalue weighted by molar-refractivity contribution is 5.93. The lowest BCUT2D eigenvalue weighted by molar-refractivity contribution is -0.129. The van der Waals surface area contributed by atoms with Crippen LogP contribution in [0.25, 0.3) is 0 Å². The normalized spacial score (nSPS) is 17.4. The molecule has 3 rings (SSSR count). The van der Waals surface area contributed by atoms with Gasteiger partial charge in [0, 0.05) is 20.0 Å². The van der Waals surface area contributed by atoms with Gasteiger partial charge in [-0.1, -0.05) is 22.9 Å². The zero-order chi connectivity index (χ0) is 20.5. The van der Waals surface area contributed by atoms with Crippen LogP contribution in [0.4, 0.5) is 0 Å². The third-order valence-corrected chi connectivity index (χ3v) is 4.92. The lowest BCUT2D eigenvalue weighted by atomic mass is 10.0. The van der Waals surface area contributed by atoms with Crippen LogP contribution in [0.15, 0.2) is 18.2 Å². The predicted molar refractivity (Wildman–Crippen MR) is 101 cm³/mol. The van der Waals surface area contributed by atoms with Crippen LogP contribution in [0, 0.1) is 13.8 Å². The van der Waals surface area contributed by atoms with Gasteiger partial charge in [-0.25, -0.2) is 0 Å². The van der Waals surface area contributed by atoms with Gasteiger partial charge in [0.2, 0.25) is 0 Å². The van der Waals surface area contributed by atoms with Crippen molar-refractivity contribution in [2.45, 2.75) is 38.8 Å². The van der Waals surface area contributed by atoms with E-state index in [1.807, 2.05) is 25.1 Å². The molecule has 9 heteroatoms. The van der Waals surface area contributed by atoms with Gasteiger partial charge in [-0.3, -0.25) is 14.3 Å². The molecule has 2 heterocycles. The van der Waals surface area contributed by atoms with E-state index in [0.29, 0.717) is 17.9 Å². The standard InChI is InChI=1S/C19H25N5O4/c1-11-5-6-14-13(7-11)8-15(28-14)17(26)21-19(3,10-25)9-20-18(27)16-12(2)24(4)23-22-16/h5-7,15,25H,8-10H2,1-4H3,(H,20,27)(H,21,26). The van der Waals surface area contributed by atoms with Crippen LogP contribution in [-0.2, 0) is 18.3 Å². The lowest BCUT2D eigenvalue weighted by Gasteiger charge is -2.30. The average molecular weight is 387 g/mol. The third kappa shape index (κ3) is 3.99. The number of aromatic nitrogens is 3. The van der Waals surface area contributed by atoms with Crippen molar-refractivity contribution >= 4 is 11.8 Å². The Balaban J connectivity index is 1.60. The molecule has 0 saturated carbocycles. The second-order valence-electron chi connectivity index (χ2n) is 7.46. The maximum atomic E-state index is 12.7. The van der Waals surface area contributed by atoms with Crippen LogP contribution >= 0.6 is 0 Å². The molecular weight excluding hydrogens is 362 g/mol. The van der Waals surface area contributed by atoms with Crippen molar-refractivity contribution < 1.29 is 19.4 Å². The number of ether oxygens (including phenoxy) is 1. The van der Waals surface area contributed by atoms with Crippen LogP contribution < -0.4 is 15.4 Å². The van der Waals surface area contributed by atoms with Gasteiger partial charge in [-0.15, -0.1) is 5.10 Å². The summed E-state index contributed by atoms with van der Waals surface area (Å²) in [6.07, 6.45) is -0.198. The number of nitrogens with one attached hydrogen (secondary N) is 2. The van der Waals surface area contributed by atoms with E-state index in [2.05, 4.69) is 20.9 Å². The van der Waals surface area contributed by atoms with E-state index in [-0.39, 0.29) is 24.8 Å². The van der Waals surface area contributed by atoms with Crippen molar-refractivity contribution in [3.63, 3.8) is 0 Å². The molecule has 0 aliphatic carbocycles. The zero-order valence-corrected chi connectivity index (χ0v) is 16.4. The Bertz CT molecular complexity index is 910. The lowest BCUT2D eigenvalue weighted by Crippen LogP contribution is -2.58. The molecule has 28 heavy (non-hydrogen) atoms. The number of aliphatic hydroxyl groups is 1. The van der Waals surface area contributed by atoms with Crippen molar-refractivity contribution in [3.8, 4) is 5.75 Å². The number of benzene rings is 1. The third-order valence-electron chi connectivity index (χ3n) is 4.92. The molecular formula is C19H25N5O4. The molecule has 1 aromatic carbocycles. The number of carbonyl (C=O) groups is 2. The maximum Gasteiger partial charge on any atom is 0.273 e. The second kappa shape index (κ2) is 7.59. The zero-order valence-electron chi connectivity index (χ0n) is 16.4. The van der Waals surface area contributed by atoms with Gasteiger partial charge in [0.1, 0.15) is 5.75 Å². The Morgan fingerprint density at radius 2 is 2.14 bits per heavy atom. The van der Waals surface area contributed by atoms with Crippen molar-refractivity contribution in [1.29, 1.82) is 0 Å². The molecule has 1 aliphatic heterocycles. The summed E-state index contributed by atoms with van der Waals surface area (Å²) in [6, 6.07) is 5.78. The van der Waals surface area contributed by atoms with Gasteiger partial charge in [-0.2, -0.15) is 0 Å². The Morgan fingerprint density at radius 1 is 1.39 bits per heavy atom. The highest BCUT2D eigenvalue weighted by atomic mass is 16.5. The summed E-state index contributed by atoms with van der Waals surface area (Å²) >= 11 is 0. The number of amides is 2. The largest absolute Gasteiger partial charge is 0.480 e. The van der Waals surface area contributed by atoms with Crippen molar-refractivity contribution in [3.05, 3.63) is 40.7 Å². The van der Waals surface area contributed by atoms with Crippen molar-refractivity contribution in [1.82, 2.24) is 25.6 Å². The van der Waals surface area contributed by atoms with E-state index < -0.39 is 17.6 Å². The Labute approximate surface area is 163 Å². The van der Waals surface area contributed by atoms with E-state index in [1.54, 1.807) is 20.9 Å². The molecule has 150 valence electrons. The highest BCUT2D eigenvalue weighted by Gasteiger charge is 2.34. The summed E-state index contributed by atoms with van der Waals surface area (Å²) in [5.41, 5.74) is 1.87. The molecule has 0 fully saturated rings. The number of rotatable bonds is 6. The van der Waals surface area contributed by atoms with E-state index in [1.165, 1.54) is 4.68 Å². The van der Waals surface area contributed by atoms with E-state index in [9.17, 15) is 14.7 Å². The fraction of sp³-hybridized carbons (Fsp3) is 0.474. The maximum absolute atomic E-state index is 12.7. The minimum atomic E-state index is -1.04. The molecule has 0 bridgehead atoms. The molecule has 0 radical (unpaired) electrons. The molecule has 2 unspecified atom stereocenters. The van der Waals surface area contributed by atoms with Crippen LogP contribution in [-0.4, -0.2) is 56.7 Å². The molecule has 3 N–H and O–H groups in total. The summed E-state index contributed by atoms with van der Waals surface area (Å²) in [5.74, 6) is -0.0577. The van der Waals surface area contributed by atoms with Gasteiger partial charge >= 0.3 is 0 Å². The Hall–Kier alpha value is -2.94. The second-order valence-corrected chi connectivity index (χ2v) is 7.46. The summed E-state index contributed by atoms with van der Waals surface area (Å²) in [6.45, 7) is 5.05. The molecule has 2 aromatic rings. The van der Waals surface area contributed by atoms with Crippen LogP contribution in [0.3, 0.4) is 0 Å².